The number of halogens is 2. The molecule has 0 aliphatic rings. The molecule has 2 atom stereocenters. The van der Waals surface area contributed by atoms with Crippen LogP contribution in [0.4, 0.5) is 17.5 Å². The van der Waals surface area contributed by atoms with Gasteiger partial charge in [-0.05, 0) is 73.3 Å². The molecule has 0 aliphatic carbocycles. The summed E-state index contributed by atoms with van der Waals surface area (Å²) in [6, 6.07) is 8.29. The third-order valence-electron chi connectivity index (χ3n) is 4.83. The Hall–Kier alpha value is -2.12. The minimum Gasteiger partial charge on any atom is -0.388 e. The zero-order valence-corrected chi connectivity index (χ0v) is 22.8. The minimum atomic E-state index is -3.95. The number of pyridine rings is 1. The van der Waals surface area contributed by atoms with Gasteiger partial charge in [-0.2, -0.15) is 13.4 Å². The molecule has 3 N–H and O–H groups in total. The first-order chi connectivity index (χ1) is 15.9. The second-order valence-electron chi connectivity index (χ2n) is 7.89. The lowest BCUT2D eigenvalue weighted by Crippen LogP contribution is -2.39. The number of aromatic nitrogens is 3. The van der Waals surface area contributed by atoms with E-state index in [0.29, 0.717) is 21.9 Å². The lowest BCUT2D eigenvalue weighted by atomic mass is 10.0. The molecule has 0 spiro atoms. The number of benzene rings is 1. The van der Waals surface area contributed by atoms with Crippen molar-refractivity contribution in [1.82, 2.24) is 15.0 Å². The Morgan fingerprint density at radius 1 is 1.21 bits per heavy atom. The van der Waals surface area contributed by atoms with Crippen LogP contribution in [-0.2, 0) is 20.7 Å². The highest BCUT2D eigenvalue weighted by Gasteiger charge is 2.23. The van der Waals surface area contributed by atoms with E-state index >= 15 is 0 Å². The first kappa shape index (κ1) is 26.5. The van der Waals surface area contributed by atoms with E-state index in [1.54, 1.807) is 50.6 Å². The predicted molar refractivity (Wildman–Crippen MR) is 139 cm³/mol. The van der Waals surface area contributed by atoms with Crippen molar-refractivity contribution in [3.63, 3.8) is 0 Å². The number of nitrogens with zero attached hydrogens (tertiary/aromatic N) is 4. The van der Waals surface area contributed by atoms with Crippen molar-refractivity contribution in [1.29, 1.82) is 0 Å². The molecule has 0 saturated carbocycles. The van der Waals surface area contributed by atoms with Gasteiger partial charge in [-0.1, -0.05) is 22.3 Å². The van der Waals surface area contributed by atoms with E-state index in [-0.39, 0.29) is 16.0 Å². The molecule has 2 heterocycles. The van der Waals surface area contributed by atoms with E-state index < -0.39 is 26.3 Å². The van der Waals surface area contributed by atoms with Crippen LogP contribution < -0.4 is 10.6 Å². The highest BCUT2D eigenvalue weighted by molar-refractivity contribution is 9.10. The van der Waals surface area contributed by atoms with Crippen LogP contribution in [-0.4, -0.2) is 46.4 Å². The van der Waals surface area contributed by atoms with E-state index in [2.05, 4.69) is 45.3 Å². The van der Waals surface area contributed by atoms with Gasteiger partial charge in [-0.15, -0.1) is 3.77 Å². The summed E-state index contributed by atoms with van der Waals surface area (Å²) < 4.78 is 29.9. The zero-order valence-electron chi connectivity index (χ0n) is 18.8. The van der Waals surface area contributed by atoms with E-state index in [1.165, 1.54) is 18.5 Å². The Bertz CT molecular complexity index is 1310. The van der Waals surface area contributed by atoms with Crippen LogP contribution in [0, 0.1) is 0 Å². The normalized spacial score (nSPS) is 14.0. The van der Waals surface area contributed by atoms with Crippen LogP contribution in [0.2, 0.25) is 5.02 Å². The van der Waals surface area contributed by atoms with Crippen LogP contribution >= 0.6 is 27.5 Å². The van der Waals surface area contributed by atoms with Crippen molar-refractivity contribution in [2.45, 2.75) is 42.2 Å². The molecule has 1 aromatic carbocycles. The molecule has 3 rings (SSSR count). The molecular formula is C21H24BrClN6O3S2. The van der Waals surface area contributed by atoms with Crippen molar-refractivity contribution in [2.75, 3.05) is 16.9 Å². The summed E-state index contributed by atoms with van der Waals surface area (Å²) in [5.74, 6) is 0.896. The first-order valence-electron chi connectivity index (χ1n) is 9.99. The number of aliphatic hydroxyl groups is 1. The van der Waals surface area contributed by atoms with E-state index in [1.807, 2.05) is 6.92 Å². The number of nitrogens with one attached hydrogen (secondary N) is 2. The smallest absolute Gasteiger partial charge is 0.291 e. The van der Waals surface area contributed by atoms with Crippen LogP contribution in [0.1, 0.15) is 20.8 Å². The number of hydrogen-bond acceptors (Lipinski definition) is 8. The number of hydrogen-bond donors (Lipinski definition) is 3. The van der Waals surface area contributed by atoms with Crippen LogP contribution in [0.3, 0.4) is 0 Å². The Labute approximate surface area is 214 Å². The second-order valence-corrected chi connectivity index (χ2v) is 12.6. The predicted octanol–water partition coefficient (Wildman–Crippen LogP) is 4.78. The Morgan fingerprint density at radius 2 is 1.88 bits per heavy atom. The maximum absolute atomic E-state index is 12.6. The molecule has 0 saturated heterocycles. The third kappa shape index (κ3) is 6.72. The fourth-order valence-electron chi connectivity index (χ4n) is 2.56. The van der Waals surface area contributed by atoms with Crippen molar-refractivity contribution < 1.29 is 13.5 Å². The van der Waals surface area contributed by atoms with Gasteiger partial charge in [0.25, 0.3) is 10.0 Å². The van der Waals surface area contributed by atoms with Crippen LogP contribution in [0.25, 0.3) is 0 Å². The first-order valence-corrected chi connectivity index (χ1v) is 14.2. The molecule has 0 radical (unpaired) electrons. The van der Waals surface area contributed by atoms with Gasteiger partial charge in [0.15, 0.2) is 0 Å². The van der Waals surface area contributed by atoms with E-state index in [0.717, 1.165) is 4.90 Å². The highest BCUT2D eigenvalue weighted by Crippen LogP contribution is 2.26. The molecule has 1 unspecified atom stereocenters. The molecule has 3 aromatic rings. The Morgan fingerprint density at radius 3 is 2.50 bits per heavy atom. The van der Waals surface area contributed by atoms with E-state index in [4.69, 9.17) is 11.6 Å². The molecule has 2 aromatic heterocycles. The molecule has 0 fully saturated rings. The van der Waals surface area contributed by atoms with Gasteiger partial charge in [-0.25, -0.2) is 4.98 Å². The number of sulfonamides is 1. The standard InChI is InChI=1S/C21H24BrClN6O3S2/c1-13(21(2,3)30)26-19-16(22)11-25-20(28-19)27-14-5-7-15(8-6-14)33(4)29-34(31,32)18-12-24-10-9-17(18)23/h5-13,30H,1-4H3,(H2,25,26,27,28)/t13-,33?/m1/s1. The van der Waals surface area contributed by atoms with Gasteiger partial charge in [-0.3, -0.25) is 4.98 Å². The molecule has 0 bridgehead atoms. The van der Waals surface area contributed by atoms with Crippen molar-refractivity contribution in [3.05, 3.63) is 58.4 Å². The summed E-state index contributed by atoms with van der Waals surface area (Å²) in [5, 5.41) is 16.5. The van der Waals surface area contributed by atoms with Gasteiger partial charge in [0.2, 0.25) is 5.95 Å². The molecule has 0 amide bonds. The van der Waals surface area contributed by atoms with E-state index in [9.17, 15) is 13.5 Å². The quantitative estimate of drug-likeness (QED) is 0.343. The maximum Gasteiger partial charge on any atom is 0.291 e. The molecule has 13 heteroatoms. The fourth-order valence-corrected chi connectivity index (χ4v) is 6.14. The van der Waals surface area contributed by atoms with Gasteiger partial charge >= 0.3 is 0 Å². The van der Waals surface area contributed by atoms with Crippen molar-refractivity contribution in [3.8, 4) is 0 Å². The van der Waals surface area contributed by atoms with Crippen LogP contribution in [0.15, 0.2) is 67.0 Å². The summed E-state index contributed by atoms with van der Waals surface area (Å²) in [6.45, 7) is 5.28. The largest absolute Gasteiger partial charge is 0.388 e. The van der Waals surface area contributed by atoms with Gasteiger partial charge in [0.1, 0.15) is 10.7 Å². The van der Waals surface area contributed by atoms with Crippen LogP contribution in [0.5, 0.6) is 0 Å². The number of rotatable bonds is 8. The van der Waals surface area contributed by atoms with Crippen molar-refractivity contribution in [2.24, 2.45) is 3.77 Å². The molecule has 34 heavy (non-hydrogen) atoms. The lowest BCUT2D eigenvalue weighted by molar-refractivity contribution is 0.0647. The zero-order chi connectivity index (χ0) is 25.1. The Kier molecular flexibility index (Phi) is 8.30. The topological polar surface area (TPSA) is 129 Å². The summed E-state index contributed by atoms with van der Waals surface area (Å²) in [5.41, 5.74) is -0.227. The van der Waals surface area contributed by atoms with Gasteiger partial charge in [0.05, 0.1) is 21.1 Å². The Balaban J connectivity index is 1.77. The lowest BCUT2D eigenvalue weighted by Gasteiger charge is -2.27. The summed E-state index contributed by atoms with van der Waals surface area (Å²) >= 11 is 9.40. The summed E-state index contributed by atoms with van der Waals surface area (Å²) in [6.07, 6.45) is 5.93. The highest BCUT2D eigenvalue weighted by atomic mass is 79.9. The fraction of sp³-hybridized carbons (Fsp3) is 0.286. The number of anilines is 3. The van der Waals surface area contributed by atoms with Crippen molar-refractivity contribution >= 4 is 65.7 Å². The SMILES string of the molecule is C[C@@H](Nc1nc(Nc2ccc(/S(C)=N/S(=O)(=O)c3cnccc3Cl)cc2)ncc1Br)C(C)(C)O. The second kappa shape index (κ2) is 10.6. The third-order valence-corrected chi connectivity index (χ3v) is 9.37. The average Bonchev–Trinajstić information content (AvgIpc) is 2.75. The molecule has 0 aliphatic heterocycles. The minimum absolute atomic E-state index is 0.0793. The maximum atomic E-state index is 12.6. The summed E-state index contributed by atoms with van der Waals surface area (Å²) in [7, 11) is -4.89. The monoisotopic (exact) mass is 586 g/mol. The molecule has 182 valence electrons. The molecule has 9 nitrogen and oxygen atoms in total. The summed E-state index contributed by atoms with van der Waals surface area (Å²) in [4.78, 5) is 13.2. The molecular weight excluding hydrogens is 564 g/mol. The average molecular weight is 588 g/mol. The van der Waals surface area contributed by atoms with Gasteiger partial charge < -0.3 is 15.7 Å². The van der Waals surface area contributed by atoms with Gasteiger partial charge in [0, 0.05) is 29.2 Å².